The molecule has 2 aliphatic carbocycles. The van der Waals surface area contributed by atoms with Crippen molar-refractivity contribution in [3.05, 3.63) is 11.6 Å². The van der Waals surface area contributed by atoms with Gasteiger partial charge in [0, 0.05) is 0 Å². The van der Waals surface area contributed by atoms with Crippen molar-refractivity contribution >= 4 is 0 Å². The number of allylic oxidation sites excluding steroid dienone is 2. The summed E-state index contributed by atoms with van der Waals surface area (Å²) in [6, 6.07) is 0. The topological polar surface area (TPSA) is 0 Å². The van der Waals surface area contributed by atoms with Crippen LogP contribution in [-0.2, 0) is 0 Å². The monoisotopic (exact) mass is 316 g/mol. The summed E-state index contributed by atoms with van der Waals surface area (Å²) in [6.45, 7) is 9.57. The molecule has 0 heteroatoms. The lowest BCUT2D eigenvalue weighted by Crippen LogP contribution is -2.27. The van der Waals surface area contributed by atoms with Gasteiger partial charge in [-0.15, -0.1) is 0 Å². The molecule has 0 aromatic heterocycles. The first-order valence-corrected chi connectivity index (χ1v) is 7.34. The van der Waals surface area contributed by atoms with E-state index in [1.165, 1.54) is 32.1 Å². The molecule has 0 saturated heterocycles. The zero-order valence-corrected chi connectivity index (χ0v) is 11.5. The number of hydrogen-bond donors (Lipinski definition) is 0. The largest absolute Gasteiger partial charge is 0.0882 e. The third-order valence-electron chi connectivity index (χ3n) is 5.36. The van der Waals surface area contributed by atoms with Crippen molar-refractivity contribution in [1.82, 2.24) is 0 Å². The molecule has 22 heavy (non-hydrogen) atoms. The molecule has 0 spiro atoms. The average Bonchev–Trinajstić information content (AvgIpc) is 2.82. The van der Waals surface area contributed by atoms with Gasteiger partial charge in [0.05, 0.1) is 0 Å². The average molecular weight is 317 g/mol. The van der Waals surface area contributed by atoms with Crippen LogP contribution in [0.3, 0.4) is 0 Å². The standard InChI is InChI=1S/C16H28.6CH4/c1-5-7-8-11(3)16-12(4)15-10-14(16)9-13(15)6-2;;;;;;/h6,11-12,14-16H,5,7-10H2,1-4H3;6*1H4/b13-6-;;;;;;. The smallest absolute Gasteiger partial charge is 0.0172 e. The van der Waals surface area contributed by atoms with Crippen LogP contribution in [0.25, 0.3) is 0 Å². The summed E-state index contributed by atoms with van der Waals surface area (Å²) in [6.07, 6.45) is 9.57. The van der Waals surface area contributed by atoms with Crippen molar-refractivity contribution < 1.29 is 0 Å². The van der Waals surface area contributed by atoms with E-state index in [1.807, 2.05) is 0 Å². The summed E-state index contributed by atoms with van der Waals surface area (Å²) in [5.74, 6) is 4.92. The van der Waals surface area contributed by atoms with Crippen LogP contribution in [0.1, 0.15) is 104 Å². The molecule has 0 heterocycles. The first-order chi connectivity index (χ1) is 7.69. The highest BCUT2D eigenvalue weighted by molar-refractivity contribution is 5.19. The van der Waals surface area contributed by atoms with E-state index in [-0.39, 0.29) is 44.6 Å². The minimum atomic E-state index is 0. The van der Waals surface area contributed by atoms with Crippen LogP contribution in [0, 0.1) is 29.6 Å². The Balaban J connectivity index is -0.000000161. The molecule has 5 atom stereocenters. The van der Waals surface area contributed by atoms with Crippen molar-refractivity contribution in [3.63, 3.8) is 0 Å². The molecule has 2 aliphatic rings. The highest BCUT2D eigenvalue weighted by atomic mass is 14.5. The second-order valence-corrected chi connectivity index (χ2v) is 6.23. The Morgan fingerprint density at radius 1 is 1.09 bits per heavy atom. The Morgan fingerprint density at radius 2 is 1.64 bits per heavy atom. The van der Waals surface area contributed by atoms with Gasteiger partial charge in [-0.25, -0.2) is 0 Å². The fraction of sp³-hybridized carbons (Fsp3) is 0.909. The summed E-state index contributed by atoms with van der Waals surface area (Å²) in [5, 5.41) is 0. The van der Waals surface area contributed by atoms with Gasteiger partial charge in [-0.3, -0.25) is 0 Å². The highest BCUT2D eigenvalue weighted by Gasteiger charge is 2.48. The van der Waals surface area contributed by atoms with Crippen LogP contribution >= 0.6 is 0 Å². The Bertz CT molecular complexity index is 261. The lowest BCUT2D eigenvalue weighted by molar-refractivity contribution is 0.186. The van der Waals surface area contributed by atoms with Crippen LogP contribution in [0.5, 0.6) is 0 Å². The van der Waals surface area contributed by atoms with Crippen molar-refractivity contribution in [3.8, 4) is 0 Å². The SMILES string of the molecule is C.C.C.C.C.C.C/C=C1/CC2CC1C(C)C2C(C)CCCC. The maximum Gasteiger partial charge on any atom is -0.0172 e. The van der Waals surface area contributed by atoms with Crippen molar-refractivity contribution in [2.24, 2.45) is 29.6 Å². The zero-order chi connectivity index (χ0) is 11.7. The minimum Gasteiger partial charge on any atom is -0.0882 e. The second kappa shape index (κ2) is 14.3. The lowest BCUT2D eigenvalue weighted by Gasteiger charge is -2.34. The minimum absolute atomic E-state index is 0. The summed E-state index contributed by atoms with van der Waals surface area (Å²) in [7, 11) is 0. The lowest BCUT2D eigenvalue weighted by atomic mass is 9.71. The summed E-state index contributed by atoms with van der Waals surface area (Å²) >= 11 is 0. The highest BCUT2D eigenvalue weighted by Crippen LogP contribution is 2.57. The molecule has 5 unspecified atom stereocenters. The van der Waals surface area contributed by atoms with Crippen LogP contribution < -0.4 is 0 Å². The Hall–Kier alpha value is -0.260. The van der Waals surface area contributed by atoms with Gasteiger partial charge in [0.1, 0.15) is 0 Å². The second-order valence-electron chi connectivity index (χ2n) is 6.23. The zero-order valence-electron chi connectivity index (χ0n) is 11.5. The van der Waals surface area contributed by atoms with E-state index in [1.54, 1.807) is 5.57 Å². The molecule has 0 amide bonds. The maximum atomic E-state index is 2.51. The van der Waals surface area contributed by atoms with Gasteiger partial charge in [0.25, 0.3) is 0 Å². The first-order valence-electron chi connectivity index (χ1n) is 7.34. The van der Waals surface area contributed by atoms with Gasteiger partial charge in [-0.05, 0) is 49.4 Å². The number of rotatable bonds is 4. The van der Waals surface area contributed by atoms with E-state index >= 15 is 0 Å². The molecular formula is C22H52. The van der Waals surface area contributed by atoms with E-state index in [0.717, 1.165) is 29.6 Å². The fourth-order valence-corrected chi connectivity index (χ4v) is 4.59. The summed E-state index contributed by atoms with van der Waals surface area (Å²) in [5.41, 5.74) is 1.77. The quantitative estimate of drug-likeness (QED) is 0.454. The molecule has 0 radical (unpaired) electrons. The molecule has 2 fully saturated rings. The maximum absolute atomic E-state index is 2.51. The first kappa shape index (κ1) is 33.4. The van der Waals surface area contributed by atoms with Crippen LogP contribution in [-0.4, -0.2) is 0 Å². The molecular weight excluding hydrogens is 264 g/mol. The van der Waals surface area contributed by atoms with E-state index in [0.29, 0.717) is 0 Å². The Labute approximate surface area is 146 Å². The van der Waals surface area contributed by atoms with Gasteiger partial charge in [0.15, 0.2) is 0 Å². The van der Waals surface area contributed by atoms with Crippen LogP contribution in [0.2, 0.25) is 0 Å². The Kier molecular flexibility index (Phi) is 21.8. The fourth-order valence-electron chi connectivity index (χ4n) is 4.59. The third-order valence-corrected chi connectivity index (χ3v) is 5.36. The molecule has 0 nitrogen and oxygen atoms in total. The molecule has 2 rings (SSSR count). The summed E-state index contributed by atoms with van der Waals surface area (Å²) < 4.78 is 0. The predicted molar refractivity (Wildman–Crippen MR) is 112 cm³/mol. The van der Waals surface area contributed by atoms with Crippen molar-refractivity contribution in [1.29, 1.82) is 0 Å². The molecule has 0 aromatic rings. The summed E-state index contributed by atoms with van der Waals surface area (Å²) in [4.78, 5) is 0. The molecule has 0 aliphatic heterocycles. The van der Waals surface area contributed by atoms with E-state index in [4.69, 9.17) is 0 Å². The van der Waals surface area contributed by atoms with Crippen molar-refractivity contribution in [2.75, 3.05) is 0 Å². The molecule has 0 N–H and O–H groups in total. The predicted octanol–water partition coefficient (Wildman–Crippen LogP) is 8.87. The Morgan fingerprint density at radius 3 is 2.05 bits per heavy atom. The number of fused-ring (bicyclic) bond motifs is 2. The van der Waals surface area contributed by atoms with Gasteiger partial charge in [0.2, 0.25) is 0 Å². The molecule has 0 aromatic carbocycles. The van der Waals surface area contributed by atoms with E-state index in [2.05, 4.69) is 33.8 Å². The third kappa shape index (κ3) is 6.09. The molecule has 140 valence electrons. The number of unbranched alkanes of at least 4 members (excludes halogenated alkanes) is 1. The number of hydrogen-bond acceptors (Lipinski definition) is 0. The van der Waals surface area contributed by atoms with E-state index in [9.17, 15) is 0 Å². The van der Waals surface area contributed by atoms with Gasteiger partial charge >= 0.3 is 0 Å². The normalized spacial score (nSPS) is 30.5. The molecule has 2 bridgehead atoms. The van der Waals surface area contributed by atoms with Crippen molar-refractivity contribution in [2.45, 2.75) is 104 Å². The van der Waals surface area contributed by atoms with E-state index < -0.39 is 0 Å². The van der Waals surface area contributed by atoms with Crippen LogP contribution in [0.15, 0.2) is 11.6 Å². The molecule has 2 saturated carbocycles. The van der Waals surface area contributed by atoms with Gasteiger partial charge < -0.3 is 0 Å². The van der Waals surface area contributed by atoms with Crippen LogP contribution in [0.4, 0.5) is 0 Å². The van der Waals surface area contributed by atoms with Gasteiger partial charge in [-0.2, -0.15) is 0 Å². The van der Waals surface area contributed by atoms with Gasteiger partial charge in [-0.1, -0.05) is 96.2 Å².